The molecule has 0 N–H and O–H groups in total. The molecular formula is C8H6AsF3O3S3. The van der Waals surface area contributed by atoms with Gasteiger partial charge in [-0.15, -0.1) is 0 Å². The van der Waals surface area contributed by atoms with Crippen LogP contribution in [0.15, 0.2) is 28.0 Å². The maximum absolute atomic E-state index is 10.7. The van der Waals surface area contributed by atoms with Crippen LogP contribution in [0.25, 0.3) is 0 Å². The van der Waals surface area contributed by atoms with Crippen molar-refractivity contribution in [3.8, 4) is 0 Å². The van der Waals surface area contributed by atoms with Crippen LogP contribution in [0.3, 0.4) is 0 Å². The third-order valence-electron chi connectivity index (χ3n) is 1.65. The molecule has 0 atom stereocenters. The number of benzene rings is 1. The van der Waals surface area contributed by atoms with E-state index in [1.165, 1.54) is 15.4 Å². The minimum Gasteiger partial charge on any atom is -0.741 e. The Morgan fingerprint density at radius 3 is 2.44 bits per heavy atom. The van der Waals surface area contributed by atoms with Crippen LogP contribution in [0, 0.1) is 6.92 Å². The molecule has 0 aromatic heterocycles. The first-order valence-electron chi connectivity index (χ1n) is 4.28. The zero-order chi connectivity index (χ0) is 14.0. The van der Waals surface area contributed by atoms with Crippen molar-refractivity contribution >= 4 is 42.6 Å². The quantitative estimate of drug-likeness (QED) is 0.300. The van der Waals surface area contributed by atoms with Crippen molar-refractivity contribution in [2.24, 2.45) is 0 Å². The molecule has 0 saturated carbocycles. The van der Waals surface area contributed by atoms with Gasteiger partial charge in [0.2, 0.25) is 0 Å². The van der Waals surface area contributed by atoms with Crippen LogP contribution >= 0.6 is 10.0 Å². The summed E-state index contributed by atoms with van der Waals surface area (Å²) in [5.74, 6) is 0. The SMILES string of the molecule is Cc1ccc2c(c1)[S+]=[As]S2.O=S(=O)([O-])C(F)(F)F. The van der Waals surface area contributed by atoms with Crippen molar-refractivity contribution in [3.63, 3.8) is 0 Å². The fourth-order valence-corrected chi connectivity index (χ4v) is 9.07. The van der Waals surface area contributed by atoms with E-state index in [4.69, 9.17) is 13.0 Å². The number of hydrogen-bond acceptors (Lipinski definition) is 4. The van der Waals surface area contributed by atoms with Crippen molar-refractivity contribution in [1.82, 2.24) is 0 Å². The summed E-state index contributed by atoms with van der Waals surface area (Å²) in [5.41, 5.74) is -4.26. The van der Waals surface area contributed by atoms with Gasteiger partial charge in [-0.25, -0.2) is 8.42 Å². The second kappa shape index (κ2) is 6.00. The maximum Gasteiger partial charge on any atom is 0.485 e. The summed E-state index contributed by atoms with van der Waals surface area (Å²) in [6.07, 6.45) is 0. The largest absolute Gasteiger partial charge is 0.741 e. The van der Waals surface area contributed by atoms with Crippen molar-refractivity contribution in [1.29, 1.82) is 0 Å². The Kier molecular flexibility index (Phi) is 5.37. The Morgan fingerprint density at radius 1 is 1.39 bits per heavy atom. The van der Waals surface area contributed by atoms with Crippen molar-refractivity contribution < 1.29 is 26.1 Å². The molecule has 0 spiro atoms. The average Bonchev–Trinajstić information content (AvgIpc) is 2.62. The minimum atomic E-state index is -6.09. The van der Waals surface area contributed by atoms with Gasteiger partial charge in [0.15, 0.2) is 10.1 Å². The second-order valence-electron chi connectivity index (χ2n) is 3.11. The van der Waals surface area contributed by atoms with Crippen LogP contribution in [-0.2, 0) is 19.6 Å². The van der Waals surface area contributed by atoms with Gasteiger partial charge in [0, 0.05) is 0 Å². The Morgan fingerprint density at radius 2 is 1.94 bits per heavy atom. The molecule has 0 unspecified atom stereocenters. The topological polar surface area (TPSA) is 57.2 Å². The average molecular weight is 378 g/mol. The zero-order valence-electron chi connectivity index (χ0n) is 8.76. The molecule has 1 heterocycles. The molecular weight excluding hydrogens is 372 g/mol. The molecule has 0 radical (unpaired) electrons. The van der Waals surface area contributed by atoms with Gasteiger partial charge in [0.25, 0.3) is 0 Å². The molecule has 1 aromatic rings. The van der Waals surface area contributed by atoms with E-state index in [9.17, 15) is 13.2 Å². The van der Waals surface area contributed by atoms with Crippen molar-refractivity contribution in [2.45, 2.75) is 22.2 Å². The minimum absolute atomic E-state index is 0.460. The Labute approximate surface area is 114 Å². The van der Waals surface area contributed by atoms with Crippen LogP contribution in [-0.4, -0.2) is 31.4 Å². The summed E-state index contributed by atoms with van der Waals surface area (Å²) in [4.78, 5) is 3.00. The molecule has 1 aromatic carbocycles. The number of hydrogen-bond donors (Lipinski definition) is 0. The first kappa shape index (κ1) is 16.1. The van der Waals surface area contributed by atoms with E-state index >= 15 is 0 Å². The third kappa shape index (κ3) is 4.62. The number of alkyl halides is 3. The summed E-state index contributed by atoms with van der Waals surface area (Å²) in [5, 5.41) is 0. The van der Waals surface area contributed by atoms with Gasteiger partial charge < -0.3 is 4.55 Å². The van der Waals surface area contributed by atoms with E-state index in [1.54, 1.807) is 0 Å². The normalized spacial score (nSPS) is 14.7. The molecule has 1 aliphatic rings. The van der Waals surface area contributed by atoms with Crippen LogP contribution < -0.4 is 0 Å². The Hall–Kier alpha value is 0.0484. The third-order valence-corrected chi connectivity index (χ3v) is 9.32. The van der Waals surface area contributed by atoms with Crippen molar-refractivity contribution in [2.75, 3.05) is 0 Å². The molecule has 0 fully saturated rings. The molecule has 100 valence electrons. The summed E-state index contributed by atoms with van der Waals surface area (Å²) in [7, 11) is -2.02. The van der Waals surface area contributed by atoms with Crippen LogP contribution in [0.1, 0.15) is 5.56 Å². The number of halogens is 3. The van der Waals surface area contributed by atoms with E-state index in [0.717, 1.165) is 0 Å². The summed E-state index contributed by atoms with van der Waals surface area (Å²) in [6, 6.07) is 6.72. The Balaban J connectivity index is 0.000000187. The van der Waals surface area contributed by atoms with E-state index in [0.29, 0.717) is 12.9 Å². The molecule has 1 aliphatic heterocycles. The smallest absolute Gasteiger partial charge is 0.485 e. The molecule has 3 nitrogen and oxygen atoms in total. The number of aryl methyl sites for hydroxylation is 1. The van der Waals surface area contributed by atoms with Crippen molar-refractivity contribution in [3.05, 3.63) is 23.8 Å². The van der Waals surface area contributed by atoms with Gasteiger partial charge in [-0.3, -0.25) is 0 Å². The molecule has 2 rings (SSSR count). The summed E-state index contributed by atoms with van der Waals surface area (Å²) in [6.45, 7) is 2.15. The van der Waals surface area contributed by atoms with Gasteiger partial charge in [-0.1, -0.05) is 0 Å². The monoisotopic (exact) mass is 378 g/mol. The first-order valence-corrected chi connectivity index (χ1v) is 11.8. The molecule has 0 aliphatic carbocycles. The summed E-state index contributed by atoms with van der Waals surface area (Å²) < 4.78 is 58.9. The second-order valence-corrected chi connectivity index (χ2v) is 11.4. The van der Waals surface area contributed by atoms with Gasteiger partial charge in [0.05, 0.1) is 0 Å². The Bertz CT molecular complexity index is 569. The van der Waals surface area contributed by atoms with Gasteiger partial charge >= 0.3 is 78.5 Å². The van der Waals surface area contributed by atoms with Gasteiger partial charge in [-0.2, -0.15) is 13.2 Å². The fourth-order valence-electron chi connectivity index (χ4n) is 0.861. The van der Waals surface area contributed by atoms with Gasteiger partial charge in [-0.05, 0) is 0 Å². The van der Waals surface area contributed by atoms with E-state index in [-0.39, 0.29) is 0 Å². The molecule has 18 heavy (non-hydrogen) atoms. The molecule has 0 bridgehead atoms. The standard InChI is InChI=1S/C7H6AsS2.CHF3O3S/c1-5-2-3-6-7(4-5)10-8-9-6;2-1(3,4)8(5,6)7/h2-4H,1H3;(H,5,6,7)/q+1;/p-1. The predicted octanol–water partition coefficient (Wildman–Crippen LogP) is 2.13. The van der Waals surface area contributed by atoms with Crippen LogP contribution in [0.5, 0.6) is 0 Å². The molecule has 10 heteroatoms. The fraction of sp³-hybridized carbons (Fsp3) is 0.250. The number of fused-ring (bicyclic) bond motifs is 1. The van der Waals surface area contributed by atoms with Gasteiger partial charge in [0.1, 0.15) is 0 Å². The predicted molar refractivity (Wildman–Crippen MR) is 64.2 cm³/mol. The van der Waals surface area contributed by atoms with E-state index < -0.39 is 15.6 Å². The molecule has 0 saturated heterocycles. The number of rotatable bonds is 0. The van der Waals surface area contributed by atoms with E-state index in [1.807, 2.05) is 19.5 Å². The van der Waals surface area contributed by atoms with Crippen LogP contribution in [0.4, 0.5) is 13.2 Å². The zero-order valence-corrected chi connectivity index (χ0v) is 13.1. The van der Waals surface area contributed by atoms with Crippen LogP contribution in [0.2, 0.25) is 0 Å². The molecule has 0 amide bonds. The first-order chi connectivity index (χ1) is 8.11. The van der Waals surface area contributed by atoms with E-state index in [2.05, 4.69) is 25.1 Å². The maximum atomic E-state index is 10.7. The summed E-state index contributed by atoms with van der Waals surface area (Å²) >= 11 is 0.460.